The van der Waals surface area contributed by atoms with Crippen molar-refractivity contribution >= 4 is 28.5 Å². The Balaban J connectivity index is 0.000000236. The van der Waals surface area contributed by atoms with Crippen molar-refractivity contribution in [3.63, 3.8) is 0 Å². The number of aromatic nitrogens is 1. The average molecular weight is 347 g/mol. The van der Waals surface area contributed by atoms with Crippen LogP contribution in [0.1, 0.15) is 11.1 Å². The van der Waals surface area contributed by atoms with Gasteiger partial charge in [0.2, 0.25) is 0 Å². The number of fused-ring (bicyclic) bond motifs is 2. The fraction of sp³-hybridized carbons (Fsp3) is 0.333. The van der Waals surface area contributed by atoms with Crippen LogP contribution in [0.2, 0.25) is 5.15 Å². The van der Waals surface area contributed by atoms with Crippen LogP contribution in [-0.4, -0.2) is 35.3 Å². The molecule has 1 aliphatic heterocycles. The zero-order valence-electron chi connectivity index (χ0n) is 12.0. The number of nitrogens with zero attached hydrogens (tertiary/aromatic N) is 1. The highest BCUT2D eigenvalue weighted by atomic mass is 35.5. The normalized spacial score (nSPS) is 14.4. The maximum atomic E-state index is 10.6. The molecule has 2 N–H and O–H groups in total. The van der Waals surface area contributed by atoms with Gasteiger partial charge in [-0.05, 0) is 61.3 Å². The maximum absolute atomic E-state index is 10.6. The second-order valence-corrected chi connectivity index (χ2v) is 5.39. The molecule has 1 aromatic heterocycles. The predicted octanol–water partition coefficient (Wildman–Crippen LogP) is 3.21. The smallest absolute Gasteiger partial charge is 0.475 e. The minimum atomic E-state index is -5.08. The van der Waals surface area contributed by atoms with Gasteiger partial charge in [0.1, 0.15) is 5.15 Å². The second kappa shape index (κ2) is 7.14. The highest BCUT2D eigenvalue weighted by Gasteiger charge is 2.38. The summed E-state index contributed by atoms with van der Waals surface area (Å²) in [5, 5.41) is 12.3. The lowest BCUT2D eigenvalue weighted by molar-refractivity contribution is -0.192. The van der Waals surface area contributed by atoms with Gasteiger partial charge in [-0.25, -0.2) is 9.78 Å². The number of carbonyl (C=O) groups is 1. The van der Waals surface area contributed by atoms with Crippen LogP contribution in [0, 0.1) is 0 Å². The van der Waals surface area contributed by atoms with Crippen molar-refractivity contribution in [1.29, 1.82) is 0 Å². The molecule has 8 heteroatoms. The van der Waals surface area contributed by atoms with Crippen LogP contribution in [-0.2, 0) is 17.6 Å². The lowest BCUT2D eigenvalue weighted by Gasteiger charge is -2.07. The molecule has 0 fully saturated rings. The second-order valence-electron chi connectivity index (χ2n) is 5.00. The highest BCUT2D eigenvalue weighted by Crippen LogP contribution is 2.22. The summed E-state index contributed by atoms with van der Waals surface area (Å²) < 4.78 is 31.7. The zero-order chi connectivity index (χ0) is 17.0. The SMILES string of the molecule is Clc1ccc2cc3c(cc2n1)CCNCC3.O=C(O)C(F)(F)F. The van der Waals surface area contributed by atoms with Crippen molar-refractivity contribution < 1.29 is 23.1 Å². The highest BCUT2D eigenvalue weighted by molar-refractivity contribution is 6.29. The largest absolute Gasteiger partial charge is 0.490 e. The average Bonchev–Trinajstić information content (AvgIpc) is 2.69. The van der Waals surface area contributed by atoms with Crippen LogP contribution in [0.5, 0.6) is 0 Å². The molecule has 0 atom stereocenters. The predicted molar refractivity (Wildman–Crippen MR) is 80.7 cm³/mol. The first-order valence-electron chi connectivity index (χ1n) is 6.86. The number of nitrogens with one attached hydrogen (secondary N) is 1. The quantitative estimate of drug-likeness (QED) is 0.719. The van der Waals surface area contributed by atoms with E-state index in [1.54, 1.807) is 0 Å². The van der Waals surface area contributed by atoms with Gasteiger partial charge >= 0.3 is 12.1 Å². The van der Waals surface area contributed by atoms with Crippen molar-refractivity contribution in [3.8, 4) is 0 Å². The van der Waals surface area contributed by atoms with Crippen LogP contribution >= 0.6 is 11.6 Å². The number of halogens is 4. The number of benzene rings is 1. The zero-order valence-corrected chi connectivity index (χ0v) is 12.7. The third kappa shape index (κ3) is 4.80. The Kier molecular flexibility index (Phi) is 5.43. The summed E-state index contributed by atoms with van der Waals surface area (Å²) in [5.74, 6) is -2.76. The molecule has 0 radical (unpaired) electrons. The molecule has 23 heavy (non-hydrogen) atoms. The molecule has 0 unspecified atom stereocenters. The van der Waals surface area contributed by atoms with Gasteiger partial charge in [-0.15, -0.1) is 0 Å². The third-order valence-electron chi connectivity index (χ3n) is 3.36. The van der Waals surface area contributed by atoms with Crippen LogP contribution in [0.4, 0.5) is 13.2 Å². The standard InChI is InChI=1S/C13H13ClN2.C2HF3O2/c14-13-2-1-11-7-9-3-5-15-6-4-10(9)8-12(11)16-13;3-2(4,5)1(6)7/h1-2,7-8,15H,3-6H2;(H,6,7). The molecule has 1 aliphatic rings. The lowest BCUT2D eigenvalue weighted by atomic mass is 10.0. The Morgan fingerprint density at radius 2 is 1.74 bits per heavy atom. The molecule has 4 nitrogen and oxygen atoms in total. The molecule has 124 valence electrons. The molecule has 1 aromatic carbocycles. The van der Waals surface area contributed by atoms with Crippen molar-refractivity contribution in [2.75, 3.05) is 13.1 Å². The molecule has 0 saturated heterocycles. The Bertz CT molecular complexity index is 720. The van der Waals surface area contributed by atoms with Gasteiger partial charge in [0.25, 0.3) is 0 Å². The summed E-state index contributed by atoms with van der Waals surface area (Å²) in [4.78, 5) is 13.3. The number of rotatable bonds is 0. The van der Waals surface area contributed by atoms with Gasteiger partial charge in [-0.1, -0.05) is 11.6 Å². The third-order valence-corrected chi connectivity index (χ3v) is 3.57. The minimum absolute atomic E-state index is 0.569. The summed E-state index contributed by atoms with van der Waals surface area (Å²) >= 11 is 5.91. The number of pyridine rings is 1. The topological polar surface area (TPSA) is 62.2 Å². The van der Waals surface area contributed by atoms with Gasteiger partial charge in [-0.3, -0.25) is 0 Å². The van der Waals surface area contributed by atoms with Gasteiger partial charge in [0.05, 0.1) is 5.52 Å². The van der Waals surface area contributed by atoms with E-state index in [-0.39, 0.29) is 0 Å². The monoisotopic (exact) mass is 346 g/mol. The van der Waals surface area contributed by atoms with Crippen LogP contribution < -0.4 is 5.32 Å². The van der Waals surface area contributed by atoms with Crippen LogP contribution in [0.25, 0.3) is 10.9 Å². The first-order valence-corrected chi connectivity index (χ1v) is 7.24. The molecule has 2 aromatic rings. The van der Waals surface area contributed by atoms with E-state index in [1.165, 1.54) is 16.5 Å². The molecular weight excluding hydrogens is 333 g/mol. The molecule has 0 amide bonds. The minimum Gasteiger partial charge on any atom is -0.475 e. The van der Waals surface area contributed by atoms with E-state index in [4.69, 9.17) is 21.5 Å². The number of alkyl halides is 3. The number of carboxylic acid groups (broad SMARTS) is 1. The van der Waals surface area contributed by atoms with Crippen LogP contribution in [0.3, 0.4) is 0 Å². The van der Waals surface area contributed by atoms with Crippen LogP contribution in [0.15, 0.2) is 24.3 Å². The maximum Gasteiger partial charge on any atom is 0.490 e. The Labute approximate surface area is 135 Å². The van der Waals surface area contributed by atoms with Crippen molar-refractivity contribution in [1.82, 2.24) is 10.3 Å². The molecule has 0 spiro atoms. The lowest BCUT2D eigenvalue weighted by Crippen LogP contribution is -2.21. The van der Waals surface area contributed by atoms with Gasteiger partial charge < -0.3 is 10.4 Å². The van der Waals surface area contributed by atoms with Crippen molar-refractivity contribution in [3.05, 3.63) is 40.5 Å². The van der Waals surface area contributed by atoms with E-state index in [2.05, 4.69) is 22.4 Å². The molecular formula is C15H14ClF3N2O2. The fourth-order valence-corrected chi connectivity index (χ4v) is 2.43. The summed E-state index contributed by atoms with van der Waals surface area (Å²) in [6.45, 7) is 2.12. The number of hydrogen-bond acceptors (Lipinski definition) is 3. The number of aliphatic carboxylic acids is 1. The van der Waals surface area contributed by atoms with Crippen molar-refractivity contribution in [2.45, 2.75) is 19.0 Å². The summed E-state index contributed by atoms with van der Waals surface area (Å²) in [7, 11) is 0. The molecule has 0 bridgehead atoms. The van der Waals surface area contributed by atoms with E-state index >= 15 is 0 Å². The van der Waals surface area contributed by atoms with Gasteiger partial charge in [0.15, 0.2) is 0 Å². The molecule has 0 aliphatic carbocycles. The summed E-state index contributed by atoms with van der Waals surface area (Å²) in [5.41, 5.74) is 3.86. The molecule has 2 heterocycles. The Morgan fingerprint density at radius 1 is 1.17 bits per heavy atom. The first-order chi connectivity index (χ1) is 10.8. The Hall–Kier alpha value is -1.86. The van der Waals surface area contributed by atoms with Gasteiger partial charge in [0, 0.05) is 5.39 Å². The Morgan fingerprint density at radius 3 is 2.30 bits per heavy atom. The first kappa shape index (κ1) is 17.5. The number of hydrogen-bond donors (Lipinski definition) is 2. The van der Waals surface area contributed by atoms with E-state index in [9.17, 15) is 13.2 Å². The molecule has 0 saturated carbocycles. The summed E-state index contributed by atoms with van der Waals surface area (Å²) in [6.07, 6.45) is -2.90. The fourth-order valence-electron chi connectivity index (χ4n) is 2.27. The van der Waals surface area contributed by atoms with E-state index in [1.807, 2.05) is 12.1 Å². The van der Waals surface area contributed by atoms with E-state index in [0.29, 0.717) is 5.15 Å². The van der Waals surface area contributed by atoms with E-state index in [0.717, 1.165) is 31.4 Å². The molecule has 3 rings (SSSR count). The van der Waals surface area contributed by atoms with E-state index < -0.39 is 12.1 Å². The van der Waals surface area contributed by atoms with Crippen molar-refractivity contribution in [2.24, 2.45) is 0 Å². The summed E-state index contributed by atoms with van der Waals surface area (Å²) in [6, 6.07) is 8.33. The van der Waals surface area contributed by atoms with Gasteiger partial charge in [-0.2, -0.15) is 13.2 Å². The number of carboxylic acids is 1.